The van der Waals surface area contributed by atoms with Gasteiger partial charge in [-0.25, -0.2) is 4.99 Å². The molecule has 0 heterocycles. The van der Waals surface area contributed by atoms with Crippen LogP contribution in [0.5, 0.6) is 11.5 Å². The second-order valence-corrected chi connectivity index (χ2v) is 5.09. The highest BCUT2D eigenvalue weighted by atomic mass is 16.5. The molecular formula is C18H23N3O2. The zero-order valence-electron chi connectivity index (χ0n) is 13.8. The predicted molar refractivity (Wildman–Crippen MR) is 94.3 cm³/mol. The van der Waals surface area contributed by atoms with Gasteiger partial charge in [-0.15, -0.1) is 0 Å². The maximum absolute atomic E-state index is 5.92. The van der Waals surface area contributed by atoms with Gasteiger partial charge in [-0.05, 0) is 55.3 Å². The first-order valence-electron chi connectivity index (χ1n) is 7.55. The lowest BCUT2D eigenvalue weighted by molar-refractivity contribution is 0.338. The molecule has 0 aliphatic heterocycles. The highest BCUT2D eigenvalue weighted by Gasteiger charge is 2.01. The summed E-state index contributed by atoms with van der Waals surface area (Å²) in [6.45, 7) is 5.18. The van der Waals surface area contributed by atoms with Crippen LogP contribution < -0.4 is 20.5 Å². The monoisotopic (exact) mass is 313 g/mol. The van der Waals surface area contributed by atoms with E-state index in [1.807, 2.05) is 50.2 Å². The molecule has 5 heteroatoms. The van der Waals surface area contributed by atoms with E-state index in [9.17, 15) is 0 Å². The quantitative estimate of drug-likeness (QED) is 0.634. The number of aryl methyl sites for hydroxylation is 1. The highest BCUT2D eigenvalue weighted by molar-refractivity contribution is 5.92. The molecule has 0 aliphatic rings. The molecule has 0 atom stereocenters. The number of guanidine groups is 1. The number of methoxy groups -OCH3 is 1. The van der Waals surface area contributed by atoms with E-state index in [1.165, 1.54) is 0 Å². The van der Waals surface area contributed by atoms with Crippen LogP contribution in [-0.2, 0) is 6.54 Å². The van der Waals surface area contributed by atoms with Crippen molar-refractivity contribution in [3.05, 3.63) is 53.6 Å². The summed E-state index contributed by atoms with van der Waals surface area (Å²) in [7, 11) is 1.64. The molecule has 2 aromatic carbocycles. The fourth-order valence-corrected chi connectivity index (χ4v) is 2.17. The van der Waals surface area contributed by atoms with Gasteiger partial charge in [0.15, 0.2) is 5.96 Å². The summed E-state index contributed by atoms with van der Waals surface area (Å²) in [6, 6.07) is 13.6. The Morgan fingerprint density at radius 1 is 1.17 bits per heavy atom. The molecule has 2 aromatic rings. The van der Waals surface area contributed by atoms with Crippen molar-refractivity contribution < 1.29 is 9.47 Å². The SMILES string of the molecule is CCOc1ccc(CN=C(N)Nc2ccc(OC)cc2)cc1C. The van der Waals surface area contributed by atoms with E-state index in [2.05, 4.69) is 16.4 Å². The number of nitrogens with one attached hydrogen (secondary N) is 1. The van der Waals surface area contributed by atoms with Gasteiger partial charge in [-0.1, -0.05) is 12.1 Å². The van der Waals surface area contributed by atoms with Crippen LogP contribution in [0.15, 0.2) is 47.5 Å². The molecule has 0 spiro atoms. The van der Waals surface area contributed by atoms with Gasteiger partial charge >= 0.3 is 0 Å². The molecule has 0 unspecified atom stereocenters. The Labute approximate surface area is 137 Å². The molecule has 0 radical (unpaired) electrons. The minimum atomic E-state index is 0.377. The number of hydrogen-bond acceptors (Lipinski definition) is 3. The van der Waals surface area contributed by atoms with Crippen molar-refractivity contribution in [2.24, 2.45) is 10.7 Å². The predicted octanol–water partition coefficient (Wildman–Crippen LogP) is 3.33. The summed E-state index contributed by atoms with van der Waals surface area (Å²) in [5, 5.41) is 3.06. The molecule has 0 aromatic heterocycles. The summed E-state index contributed by atoms with van der Waals surface area (Å²) in [5.41, 5.74) is 8.98. The van der Waals surface area contributed by atoms with Gasteiger partial charge in [0.05, 0.1) is 20.3 Å². The van der Waals surface area contributed by atoms with Crippen LogP contribution in [0.2, 0.25) is 0 Å². The van der Waals surface area contributed by atoms with Crippen molar-refractivity contribution in [2.45, 2.75) is 20.4 Å². The van der Waals surface area contributed by atoms with Gasteiger partial charge < -0.3 is 20.5 Å². The van der Waals surface area contributed by atoms with Gasteiger partial charge in [-0.3, -0.25) is 0 Å². The average Bonchev–Trinajstić information content (AvgIpc) is 2.56. The number of nitrogens with zero attached hydrogens (tertiary/aromatic N) is 1. The standard InChI is InChI=1S/C18H23N3O2/c1-4-23-17-10-5-14(11-13(17)2)12-20-18(19)21-15-6-8-16(22-3)9-7-15/h5-11H,4,12H2,1-3H3,(H3,19,20,21). The molecule has 0 amide bonds. The summed E-state index contributed by atoms with van der Waals surface area (Å²) < 4.78 is 10.7. The molecule has 5 nitrogen and oxygen atoms in total. The van der Waals surface area contributed by atoms with Crippen LogP contribution in [0.3, 0.4) is 0 Å². The normalized spacial score (nSPS) is 11.2. The Hall–Kier alpha value is -2.69. The largest absolute Gasteiger partial charge is 0.497 e. The number of ether oxygens (including phenoxy) is 2. The third kappa shape index (κ3) is 4.92. The number of rotatable bonds is 6. The number of anilines is 1. The number of nitrogens with two attached hydrogens (primary N) is 1. The first-order valence-corrected chi connectivity index (χ1v) is 7.55. The molecule has 0 fully saturated rings. The van der Waals surface area contributed by atoms with Crippen LogP contribution >= 0.6 is 0 Å². The van der Waals surface area contributed by atoms with E-state index < -0.39 is 0 Å². The van der Waals surface area contributed by atoms with Crippen LogP contribution in [0.4, 0.5) is 5.69 Å². The summed E-state index contributed by atoms with van der Waals surface area (Å²) in [6.07, 6.45) is 0. The molecule has 0 bridgehead atoms. The fourth-order valence-electron chi connectivity index (χ4n) is 2.17. The van der Waals surface area contributed by atoms with E-state index in [4.69, 9.17) is 15.2 Å². The first kappa shape index (κ1) is 16.7. The molecule has 2 rings (SSSR count). The Morgan fingerprint density at radius 2 is 1.91 bits per heavy atom. The summed E-state index contributed by atoms with van der Waals surface area (Å²) >= 11 is 0. The van der Waals surface area contributed by atoms with E-state index in [1.54, 1.807) is 7.11 Å². The maximum Gasteiger partial charge on any atom is 0.193 e. The van der Waals surface area contributed by atoms with Gasteiger partial charge in [0.25, 0.3) is 0 Å². The van der Waals surface area contributed by atoms with E-state index in [-0.39, 0.29) is 0 Å². The maximum atomic E-state index is 5.92. The minimum Gasteiger partial charge on any atom is -0.497 e. The molecular weight excluding hydrogens is 290 g/mol. The zero-order valence-corrected chi connectivity index (χ0v) is 13.8. The lowest BCUT2D eigenvalue weighted by Crippen LogP contribution is -2.22. The van der Waals surface area contributed by atoms with Crippen molar-refractivity contribution in [1.29, 1.82) is 0 Å². The fraction of sp³-hybridized carbons (Fsp3) is 0.278. The minimum absolute atomic E-state index is 0.377. The van der Waals surface area contributed by atoms with Crippen LogP contribution in [0.1, 0.15) is 18.1 Å². The highest BCUT2D eigenvalue weighted by Crippen LogP contribution is 2.19. The molecule has 23 heavy (non-hydrogen) atoms. The van der Waals surface area contributed by atoms with Crippen LogP contribution in [0, 0.1) is 6.92 Å². The molecule has 122 valence electrons. The third-order valence-electron chi connectivity index (χ3n) is 3.33. The molecule has 0 saturated heterocycles. The van der Waals surface area contributed by atoms with Crippen molar-refractivity contribution in [2.75, 3.05) is 19.0 Å². The molecule has 0 aliphatic carbocycles. The van der Waals surface area contributed by atoms with Crippen molar-refractivity contribution in [1.82, 2.24) is 0 Å². The van der Waals surface area contributed by atoms with Crippen LogP contribution in [-0.4, -0.2) is 19.7 Å². The summed E-state index contributed by atoms with van der Waals surface area (Å²) in [5.74, 6) is 2.09. The van der Waals surface area contributed by atoms with E-state index >= 15 is 0 Å². The lowest BCUT2D eigenvalue weighted by atomic mass is 10.1. The second kappa shape index (κ2) is 8.08. The lowest BCUT2D eigenvalue weighted by Gasteiger charge is -2.09. The van der Waals surface area contributed by atoms with Gasteiger partial charge in [-0.2, -0.15) is 0 Å². The van der Waals surface area contributed by atoms with Gasteiger partial charge in [0.1, 0.15) is 11.5 Å². The first-order chi connectivity index (χ1) is 11.1. The Balaban J connectivity index is 1.97. The Kier molecular flexibility index (Phi) is 5.86. The third-order valence-corrected chi connectivity index (χ3v) is 3.33. The number of hydrogen-bond donors (Lipinski definition) is 2. The average molecular weight is 313 g/mol. The van der Waals surface area contributed by atoms with Crippen molar-refractivity contribution >= 4 is 11.6 Å². The molecule has 3 N–H and O–H groups in total. The van der Waals surface area contributed by atoms with Crippen molar-refractivity contribution in [3.8, 4) is 11.5 Å². The number of aliphatic imine (C=N–C) groups is 1. The Bertz CT molecular complexity index is 666. The van der Waals surface area contributed by atoms with Gasteiger partial charge in [0, 0.05) is 5.69 Å². The summed E-state index contributed by atoms with van der Waals surface area (Å²) in [4.78, 5) is 4.36. The smallest absolute Gasteiger partial charge is 0.193 e. The zero-order chi connectivity index (χ0) is 16.7. The van der Waals surface area contributed by atoms with Gasteiger partial charge in [0.2, 0.25) is 0 Å². The van der Waals surface area contributed by atoms with E-state index in [0.29, 0.717) is 19.1 Å². The Morgan fingerprint density at radius 3 is 2.52 bits per heavy atom. The van der Waals surface area contributed by atoms with Crippen LogP contribution in [0.25, 0.3) is 0 Å². The molecule has 0 saturated carbocycles. The topological polar surface area (TPSA) is 68.9 Å². The second-order valence-electron chi connectivity index (χ2n) is 5.09. The van der Waals surface area contributed by atoms with E-state index in [0.717, 1.165) is 28.3 Å². The number of benzene rings is 2. The van der Waals surface area contributed by atoms with Crippen molar-refractivity contribution in [3.63, 3.8) is 0 Å².